The van der Waals surface area contributed by atoms with Crippen LogP contribution in [0.2, 0.25) is 0 Å². The molecule has 1 saturated heterocycles. The summed E-state index contributed by atoms with van der Waals surface area (Å²) in [5.74, 6) is 2.50. The number of likely N-dealkylation sites (N-methyl/N-ethyl adjacent to an activating group) is 1. The van der Waals surface area contributed by atoms with Gasteiger partial charge < -0.3 is 9.80 Å². The second-order valence-electron chi connectivity index (χ2n) is 7.31. The zero-order valence-electron chi connectivity index (χ0n) is 15.4. The third-order valence-corrected chi connectivity index (χ3v) is 5.62. The van der Waals surface area contributed by atoms with Crippen LogP contribution in [0, 0.1) is 18.3 Å². The molecule has 27 heavy (non-hydrogen) atoms. The highest BCUT2D eigenvalue weighted by Crippen LogP contribution is 2.30. The first-order valence-corrected chi connectivity index (χ1v) is 9.24. The van der Waals surface area contributed by atoms with Gasteiger partial charge in [0.25, 0.3) is 0 Å². The van der Waals surface area contributed by atoms with Gasteiger partial charge in [0.2, 0.25) is 0 Å². The number of nitriles is 1. The molecule has 0 N–H and O–H groups in total. The van der Waals surface area contributed by atoms with E-state index in [2.05, 4.69) is 31.2 Å². The molecule has 0 radical (unpaired) electrons. The molecule has 0 atom stereocenters. The highest BCUT2D eigenvalue weighted by molar-refractivity contribution is 5.59. The summed E-state index contributed by atoms with van der Waals surface area (Å²) in [6.45, 7) is 3.59. The van der Waals surface area contributed by atoms with E-state index in [9.17, 15) is 5.26 Å². The maximum Gasteiger partial charge on any atom is 0.178 e. The number of fused-ring (bicyclic) bond motifs is 2. The van der Waals surface area contributed by atoms with Crippen molar-refractivity contribution in [2.24, 2.45) is 0 Å². The van der Waals surface area contributed by atoms with Crippen molar-refractivity contribution in [2.45, 2.75) is 32.2 Å². The van der Waals surface area contributed by atoms with Crippen molar-refractivity contribution < 1.29 is 0 Å². The number of rotatable bonds is 3. The van der Waals surface area contributed by atoms with Gasteiger partial charge in [-0.25, -0.2) is 4.98 Å². The number of hydrogen-bond acceptors (Lipinski definition) is 7. The lowest BCUT2D eigenvalue weighted by molar-refractivity contribution is 0.486. The topological polar surface area (TPSA) is 86.2 Å². The zero-order valence-corrected chi connectivity index (χ0v) is 15.4. The second kappa shape index (κ2) is 5.91. The minimum absolute atomic E-state index is 0.309. The molecule has 5 rings (SSSR count). The summed E-state index contributed by atoms with van der Waals surface area (Å²) in [6, 6.07) is 8.59. The van der Waals surface area contributed by atoms with E-state index < -0.39 is 0 Å². The van der Waals surface area contributed by atoms with Gasteiger partial charge in [-0.2, -0.15) is 9.78 Å². The molecule has 0 amide bonds. The van der Waals surface area contributed by atoms with E-state index in [1.165, 1.54) is 5.56 Å². The highest BCUT2D eigenvalue weighted by atomic mass is 15.4. The fourth-order valence-corrected chi connectivity index (χ4v) is 3.93. The van der Waals surface area contributed by atoms with Crippen LogP contribution in [-0.4, -0.2) is 51.0 Å². The smallest absolute Gasteiger partial charge is 0.178 e. The molecule has 1 fully saturated rings. The summed E-state index contributed by atoms with van der Waals surface area (Å²) in [7, 11) is 2.03. The van der Waals surface area contributed by atoms with Crippen LogP contribution >= 0.6 is 0 Å². The van der Waals surface area contributed by atoms with Gasteiger partial charge in [0.15, 0.2) is 11.5 Å². The Morgan fingerprint density at radius 2 is 2.07 bits per heavy atom. The van der Waals surface area contributed by atoms with E-state index in [1.807, 2.05) is 32.2 Å². The predicted molar refractivity (Wildman–Crippen MR) is 101 cm³/mol. The summed E-state index contributed by atoms with van der Waals surface area (Å²) in [5, 5.41) is 22.3. The van der Waals surface area contributed by atoms with Crippen LogP contribution in [0.25, 0.3) is 5.65 Å². The van der Waals surface area contributed by atoms with Crippen molar-refractivity contribution in [2.75, 3.05) is 29.9 Å². The molecule has 8 heteroatoms. The molecule has 1 aliphatic heterocycles. The molecule has 4 heterocycles. The van der Waals surface area contributed by atoms with Crippen LogP contribution < -0.4 is 9.80 Å². The van der Waals surface area contributed by atoms with Gasteiger partial charge in [-0.15, -0.1) is 15.3 Å². The van der Waals surface area contributed by atoms with Crippen LogP contribution in [-0.2, 0) is 12.8 Å². The number of aromatic nitrogens is 5. The molecule has 0 unspecified atom stereocenters. The molecule has 136 valence electrons. The summed E-state index contributed by atoms with van der Waals surface area (Å²) in [5.41, 5.74) is 3.82. The van der Waals surface area contributed by atoms with Gasteiger partial charge in [-0.3, -0.25) is 0 Å². The minimum atomic E-state index is 0.309. The third-order valence-electron chi connectivity index (χ3n) is 5.62. The molecule has 8 nitrogen and oxygen atoms in total. The Hall–Kier alpha value is -3.21. The molecular formula is C19H20N8. The van der Waals surface area contributed by atoms with Gasteiger partial charge in [-0.05, 0) is 49.9 Å². The standard InChI is InChI=1S/C19H20N8/c1-12-22-23-17-6-7-18(24-27(12)17)26-10-15(11-26)25(2)19-14(9-20)8-13-4-3-5-16(13)21-19/h6-8,15H,3-5,10-11H2,1-2H3. The van der Waals surface area contributed by atoms with Crippen molar-refractivity contribution in [3.05, 3.63) is 40.8 Å². The van der Waals surface area contributed by atoms with E-state index in [0.29, 0.717) is 11.6 Å². The normalized spacial score (nSPS) is 16.3. The number of anilines is 2. The molecule has 0 aromatic carbocycles. The zero-order chi connectivity index (χ0) is 18.5. The van der Waals surface area contributed by atoms with Gasteiger partial charge in [0.1, 0.15) is 17.7 Å². The molecule has 3 aromatic heterocycles. The van der Waals surface area contributed by atoms with E-state index in [1.54, 1.807) is 4.52 Å². The number of nitrogens with zero attached hydrogens (tertiary/aromatic N) is 8. The van der Waals surface area contributed by atoms with E-state index in [-0.39, 0.29) is 0 Å². The van der Waals surface area contributed by atoms with Gasteiger partial charge >= 0.3 is 0 Å². The van der Waals surface area contributed by atoms with Crippen LogP contribution in [0.3, 0.4) is 0 Å². The average Bonchev–Trinajstić information content (AvgIpc) is 3.25. The predicted octanol–water partition coefficient (Wildman–Crippen LogP) is 1.51. The van der Waals surface area contributed by atoms with Gasteiger partial charge in [-0.1, -0.05) is 0 Å². The number of aryl methyl sites for hydroxylation is 3. The monoisotopic (exact) mass is 360 g/mol. The lowest BCUT2D eigenvalue weighted by atomic mass is 10.1. The first kappa shape index (κ1) is 16.0. The summed E-state index contributed by atoms with van der Waals surface area (Å²) < 4.78 is 1.77. The average molecular weight is 360 g/mol. The maximum absolute atomic E-state index is 9.56. The Morgan fingerprint density at radius 3 is 2.89 bits per heavy atom. The Labute approximate surface area is 157 Å². The van der Waals surface area contributed by atoms with Crippen molar-refractivity contribution >= 4 is 17.3 Å². The van der Waals surface area contributed by atoms with Crippen LogP contribution in [0.1, 0.15) is 29.1 Å². The molecule has 2 aliphatic rings. The Balaban J connectivity index is 1.36. The Morgan fingerprint density at radius 1 is 1.22 bits per heavy atom. The van der Waals surface area contributed by atoms with E-state index in [4.69, 9.17) is 4.98 Å². The highest BCUT2D eigenvalue weighted by Gasteiger charge is 2.33. The lowest BCUT2D eigenvalue weighted by Crippen LogP contribution is -2.59. The first-order valence-electron chi connectivity index (χ1n) is 9.24. The maximum atomic E-state index is 9.56. The third kappa shape index (κ3) is 2.50. The molecule has 0 saturated carbocycles. The van der Waals surface area contributed by atoms with Crippen LogP contribution in [0.5, 0.6) is 0 Å². The lowest BCUT2D eigenvalue weighted by Gasteiger charge is -2.45. The Bertz CT molecular complexity index is 1070. The van der Waals surface area contributed by atoms with Crippen molar-refractivity contribution in [1.82, 2.24) is 24.8 Å². The largest absolute Gasteiger partial charge is 0.352 e. The van der Waals surface area contributed by atoms with E-state index in [0.717, 1.165) is 61.2 Å². The molecule has 3 aromatic rings. The summed E-state index contributed by atoms with van der Waals surface area (Å²) >= 11 is 0. The fraction of sp³-hybridized carbons (Fsp3) is 0.421. The van der Waals surface area contributed by atoms with Gasteiger partial charge in [0, 0.05) is 25.8 Å². The van der Waals surface area contributed by atoms with Crippen LogP contribution in [0.15, 0.2) is 18.2 Å². The summed E-state index contributed by atoms with van der Waals surface area (Å²) in [4.78, 5) is 9.19. The molecule has 0 bridgehead atoms. The fourth-order valence-electron chi connectivity index (χ4n) is 3.93. The molecule has 0 spiro atoms. The number of pyridine rings is 1. The van der Waals surface area contributed by atoms with Crippen molar-refractivity contribution in [3.63, 3.8) is 0 Å². The first-order chi connectivity index (χ1) is 13.1. The van der Waals surface area contributed by atoms with Crippen LogP contribution in [0.4, 0.5) is 11.6 Å². The van der Waals surface area contributed by atoms with Gasteiger partial charge in [0.05, 0.1) is 11.6 Å². The quantitative estimate of drug-likeness (QED) is 0.700. The minimum Gasteiger partial charge on any atom is -0.352 e. The molecular weight excluding hydrogens is 340 g/mol. The van der Waals surface area contributed by atoms with Crippen molar-refractivity contribution in [3.8, 4) is 6.07 Å². The molecule has 1 aliphatic carbocycles. The SMILES string of the molecule is Cc1nnc2ccc(N3CC(N(C)c4nc5c(cc4C#N)CCC5)C3)nn12. The van der Waals surface area contributed by atoms with E-state index >= 15 is 0 Å². The summed E-state index contributed by atoms with van der Waals surface area (Å²) in [6.07, 6.45) is 3.18. The Kier molecular flexibility index (Phi) is 3.50. The second-order valence-corrected chi connectivity index (χ2v) is 7.31. The van der Waals surface area contributed by atoms with Crippen molar-refractivity contribution in [1.29, 1.82) is 5.26 Å². The number of hydrogen-bond donors (Lipinski definition) is 0.